The Hall–Kier alpha value is -0.750. The Morgan fingerprint density at radius 3 is 2.55 bits per heavy atom. The van der Waals surface area contributed by atoms with Crippen LogP contribution in [0, 0.1) is 11.3 Å². The van der Waals surface area contributed by atoms with E-state index in [0.29, 0.717) is 25.2 Å². The predicted octanol–water partition coefficient (Wildman–Crippen LogP) is 1.46. The van der Waals surface area contributed by atoms with E-state index < -0.39 is 17.4 Å². The van der Waals surface area contributed by atoms with Crippen LogP contribution in [0.5, 0.6) is 0 Å². The number of rotatable bonds is 7. The second kappa shape index (κ2) is 7.88. The van der Waals surface area contributed by atoms with Gasteiger partial charge in [-0.25, -0.2) is 0 Å². The number of nitrogens with one attached hydrogen (secondary N) is 1. The van der Waals surface area contributed by atoms with Crippen LogP contribution in [-0.4, -0.2) is 41.6 Å². The Morgan fingerprint density at radius 2 is 2.05 bits per heavy atom. The lowest BCUT2D eigenvalue weighted by Gasteiger charge is -2.36. The van der Waals surface area contributed by atoms with Gasteiger partial charge in [-0.05, 0) is 50.0 Å². The van der Waals surface area contributed by atoms with Gasteiger partial charge in [0.25, 0.3) is 0 Å². The van der Waals surface area contributed by atoms with Crippen LogP contribution in [0.2, 0.25) is 0 Å². The van der Waals surface area contributed by atoms with E-state index in [1.54, 1.807) is 11.8 Å². The van der Waals surface area contributed by atoms with Gasteiger partial charge in [0.1, 0.15) is 0 Å². The highest BCUT2D eigenvalue weighted by molar-refractivity contribution is 7.98. The SMILES string of the molecule is CSCC[C@@H](N)C(=O)NCC1(C(=O)O)CCC(C)CC1. The van der Waals surface area contributed by atoms with E-state index in [1.165, 1.54) is 0 Å². The molecule has 4 N–H and O–H groups in total. The number of aliphatic carboxylic acids is 1. The van der Waals surface area contributed by atoms with E-state index in [9.17, 15) is 14.7 Å². The first kappa shape index (κ1) is 17.3. The number of hydrogen-bond donors (Lipinski definition) is 3. The lowest BCUT2D eigenvalue weighted by atomic mass is 9.71. The lowest BCUT2D eigenvalue weighted by molar-refractivity contribution is -0.151. The average Bonchev–Trinajstić information content (AvgIpc) is 2.43. The maximum atomic E-state index is 11.9. The summed E-state index contributed by atoms with van der Waals surface area (Å²) in [6.45, 7) is 2.34. The minimum Gasteiger partial charge on any atom is -0.481 e. The van der Waals surface area contributed by atoms with Crippen molar-refractivity contribution in [1.29, 1.82) is 0 Å². The van der Waals surface area contributed by atoms with Gasteiger partial charge in [0, 0.05) is 6.54 Å². The third-order valence-corrected chi connectivity index (χ3v) is 4.90. The summed E-state index contributed by atoms with van der Waals surface area (Å²) in [7, 11) is 0. The number of carboxylic acids is 1. The number of carbonyl (C=O) groups excluding carboxylic acids is 1. The van der Waals surface area contributed by atoms with Crippen molar-refractivity contribution in [1.82, 2.24) is 5.32 Å². The van der Waals surface area contributed by atoms with Gasteiger partial charge in [0.05, 0.1) is 11.5 Å². The number of hydrogen-bond acceptors (Lipinski definition) is 4. The number of amides is 1. The van der Waals surface area contributed by atoms with Crippen molar-refractivity contribution in [2.75, 3.05) is 18.6 Å². The Morgan fingerprint density at radius 1 is 1.45 bits per heavy atom. The van der Waals surface area contributed by atoms with Crippen molar-refractivity contribution in [2.24, 2.45) is 17.1 Å². The quantitative estimate of drug-likeness (QED) is 0.662. The zero-order valence-electron chi connectivity index (χ0n) is 12.4. The number of nitrogens with two attached hydrogens (primary N) is 1. The van der Waals surface area contributed by atoms with Crippen molar-refractivity contribution in [3.05, 3.63) is 0 Å². The first-order valence-corrected chi connectivity index (χ1v) is 8.56. The minimum atomic E-state index is -0.804. The highest BCUT2D eigenvalue weighted by Crippen LogP contribution is 2.38. The molecule has 1 rings (SSSR count). The highest BCUT2D eigenvalue weighted by atomic mass is 32.2. The monoisotopic (exact) mass is 302 g/mol. The summed E-state index contributed by atoms with van der Waals surface area (Å²) in [5, 5.41) is 12.2. The van der Waals surface area contributed by atoms with Gasteiger partial charge in [0.15, 0.2) is 0 Å². The molecule has 1 aliphatic carbocycles. The Labute approximate surface area is 125 Å². The van der Waals surface area contributed by atoms with Crippen molar-refractivity contribution in [3.63, 3.8) is 0 Å². The predicted molar refractivity (Wildman–Crippen MR) is 81.7 cm³/mol. The molecule has 1 aliphatic rings. The molecule has 0 spiro atoms. The first-order valence-electron chi connectivity index (χ1n) is 7.17. The van der Waals surface area contributed by atoms with E-state index >= 15 is 0 Å². The van der Waals surface area contributed by atoms with Crippen LogP contribution in [0.3, 0.4) is 0 Å². The van der Waals surface area contributed by atoms with Crippen LogP contribution in [0.15, 0.2) is 0 Å². The summed E-state index contributed by atoms with van der Waals surface area (Å²) in [5.74, 6) is 0.360. The Kier molecular flexibility index (Phi) is 6.82. The number of carbonyl (C=O) groups is 2. The van der Waals surface area contributed by atoms with E-state index in [4.69, 9.17) is 5.73 Å². The van der Waals surface area contributed by atoms with Crippen molar-refractivity contribution in [3.8, 4) is 0 Å². The largest absolute Gasteiger partial charge is 0.481 e. The van der Waals surface area contributed by atoms with Crippen molar-refractivity contribution >= 4 is 23.6 Å². The van der Waals surface area contributed by atoms with Crippen LogP contribution >= 0.6 is 11.8 Å². The van der Waals surface area contributed by atoms with Gasteiger partial charge in [-0.1, -0.05) is 6.92 Å². The molecule has 1 fully saturated rings. The maximum Gasteiger partial charge on any atom is 0.311 e. The minimum absolute atomic E-state index is 0.195. The fourth-order valence-corrected chi connectivity index (χ4v) is 3.03. The molecule has 0 unspecified atom stereocenters. The molecule has 1 saturated carbocycles. The summed E-state index contributed by atoms with van der Waals surface area (Å²) < 4.78 is 0. The molecular formula is C14H26N2O3S. The van der Waals surface area contributed by atoms with E-state index in [0.717, 1.165) is 18.6 Å². The van der Waals surface area contributed by atoms with Crippen molar-refractivity contribution < 1.29 is 14.7 Å². The lowest BCUT2D eigenvalue weighted by Crippen LogP contribution is -2.49. The Bertz CT molecular complexity index is 341. The summed E-state index contributed by atoms with van der Waals surface area (Å²) in [5.41, 5.74) is 4.98. The van der Waals surface area contributed by atoms with Crippen molar-refractivity contribution in [2.45, 2.75) is 45.1 Å². The van der Waals surface area contributed by atoms with Crippen LogP contribution < -0.4 is 11.1 Å². The molecule has 0 bridgehead atoms. The van der Waals surface area contributed by atoms with Gasteiger partial charge >= 0.3 is 5.97 Å². The highest BCUT2D eigenvalue weighted by Gasteiger charge is 2.41. The van der Waals surface area contributed by atoms with Gasteiger partial charge in [-0.15, -0.1) is 0 Å². The molecule has 0 aromatic rings. The molecule has 0 saturated heterocycles. The average molecular weight is 302 g/mol. The van der Waals surface area contributed by atoms with E-state index in [2.05, 4.69) is 12.2 Å². The third-order valence-electron chi connectivity index (χ3n) is 4.26. The maximum absolute atomic E-state index is 11.9. The molecule has 0 heterocycles. The first-order chi connectivity index (χ1) is 9.41. The number of carboxylic acid groups (broad SMARTS) is 1. The molecule has 1 amide bonds. The summed E-state index contributed by atoms with van der Waals surface area (Å²) >= 11 is 1.64. The van der Waals surface area contributed by atoms with Gasteiger partial charge in [0.2, 0.25) is 5.91 Å². The second-order valence-corrected chi connectivity index (χ2v) is 6.86. The molecule has 0 aromatic carbocycles. The zero-order valence-corrected chi connectivity index (χ0v) is 13.2. The molecule has 0 aromatic heterocycles. The smallest absolute Gasteiger partial charge is 0.311 e. The van der Waals surface area contributed by atoms with E-state index in [-0.39, 0.29) is 12.5 Å². The third kappa shape index (κ3) is 4.66. The zero-order chi connectivity index (χ0) is 15.2. The van der Waals surface area contributed by atoms with Crippen LogP contribution in [0.4, 0.5) is 0 Å². The standard InChI is InChI=1S/C14H26N2O3S/c1-10-3-6-14(7-4-10,13(18)19)9-16-12(17)11(15)5-8-20-2/h10-11H,3-9,15H2,1-2H3,(H,16,17)(H,18,19)/t10?,11-,14?/m1/s1. The molecular weight excluding hydrogens is 276 g/mol. The fraction of sp³-hybridized carbons (Fsp3) is 0.857. The van der Waals surface area contributed by atoms with Crippen LogP contribution in [-0.2, 0) is 9.59 Å². The summed E-state index contributed by atoms with van der Waals surface area (Å²) in [4.78, 5) is 23.4. The summed E-state index contributed by atoms with van der Waals surface area (Å²) in [6, 6.07) is -0.546. The molecule has 1 atom stereocenters. The normalized spacial score (nSPS) is 27.9. The molecule has 0 aliphatic heterocycles. The van der Waals surface area contributed by atoms with Crippen LogP contribution in [0.25, 0.3) is 0 Å². The topological polar surface area (TPSA) is 92.4 Å². The summed E-state index contributed by atoms with van der Waals surface area (Å²) in [6.07, 6.45) is 5.65. The van der Waals surface area contributed by atoms with Gasteiger partial charge in [-0.2, -0.15) is 11.8 Å². The molecule has 116 valence electrons. The van der Waals surface area contributed by atoms with E-state index in [1.807, 2.05) is 6.26 Å². The number of thioether (sulfide) groups is 1. The second-order valence-electron chi connectivity index (χ2n) is 5.87. The van der Waals surface area contributed by atoms with Gasteiger partial charge < -0.3 is 16.2 Å². The Balaban J connectivity index is 2.51. The fourth-order valence-electron chi connectivity index (χ4n) is 2.54. The molecule has 20 heavy (non-hydrogen) atoms. The van der Waals surface area contributed by atoms with Gasteiger partial charge in [-0.3, -0.25) is 9.59 Å². The van der Waals surface area contributed by atoms with Crippen LogP contribution in [0.1, 0.15) is 39.0 Å². The molecule has 6 heteroatoms. The molecule has 5 nitrogen and oxygen atoms in total. The molecule has 0 radical (unpaired) electrons.